The van der Waals surface area contributed by atoms with E-state index < -0.39 is 0 Å². The smallest absolute Gasteiger partial charge is 0.251 e. The Bertz CT molecular complexity index is 707. The van der Waals surface area contributed by atoms with Crippen LogP contribution in [0.2, 0.25) is 0 Å². The first-order valence-corrected chi connectivity index (χ1v) is 7.18. The predicted molar refractivity (Wildman–Crippen MR) is 81.8 cm³/mol. The van der Waals surface area contributed by atoms with Gasteiger partial charge in [0.2, 0.25) is 0 Å². The second-order valence-corrected chi connectivity index (χ2v) is 5.23. The van der Waals surface area contributed by atoms with E-state index in [-0.39, 0.29) is 5.56 Å². The summed E-state index contributed by atoms with van der Waals surface area (Å²) >= 11 is 0. The highest BCUT2D eigenvalue weighted by Gasteiger charge is 2.06. The lowest BCUT2D eigenvalue weighted by Gasteiger charge is -2.15. The Balaban J connectivity index is 2.00. The molecule has 1 fully saturated rings. The third kappa shape index (κ3) is 2.65. The van der Waals surface area contributed by atoms with Crippen LogP contribution in [0, 0.1) is 0 Å². The lowest BCUT2D eigenvalue weighted by Crippen LogP contribution is -2.22. The molecule has 3 heterocycles. The van der Waals surface area contributed by atoms with E-state index in [1.165, 1.54) is 5.57 Å². The monoisotopic (exact) mass is 269 g/mol. The molecule has 104 valence electrons. The van der Waals surface area contributed by atoms with Crippen molar-refractivity contribution < 1.29 is 0 Å². The largest absolute Gasteiger partial charge is 0.320 e. The molecule has 3 rings (SSSR count). The quantitative estimate of drug-likeness (QED) is 0.879. The van der Waals surface area contributed by atoms with Gasteiger partial charge in [-0.25, -0.2) is 0 Å². The molecule has 2 aromatic rings. The third-order valence-electron chi connectivity index (χ3n) is 3.79. The third-order valence-corrected chi connectivity index (χ3v) is 3.79. The van der Waals surface area contributed by atoms with Gasteiger partial charge >= 0.3 is 0 Å². The number of piperidine rings is 1. The van der Waals surface area contributed by atoms with E-state index in [2.05, 4.69) is 21.4 Å². The topological polar surface area (TPSA) is 57.8 Å². The minimum atomic E-state index is -0.00605. The zero-order valence-electron chi connectivity index (χ0n) is 11.7. The van der Waals surface area contributed by atoms with Crippen molar-refractivity contribution in [3.63, 3.8) is 0 Å². The van der Waals surface area contributed by atoms with Crippen LogP contribution in [-0.2, 0) is 6.42 Å². The van der Waals surface area contributed by atoms with Crippen molar-refractivity contribution in [1.29, 1.82) is 0 Å². The summed E-state index contributed by atoms with van der Waals surface area (Å²) < 4.78 is 0. The van der Waals surface area contributed by atoms with E-state index in [9.17, 15) is 4.79 Å². The fourth-order valence-corrected chi connectivity index (χ4v) is 2.61. The van der Waals surface area contributed by atoms with Gasteiger partial charge < -0.3 is 10.3 Å². The lowest BCUT2D eigenvalue weighted by atomic mass is 10.0. The van der Waals surface area contributed by atoms with Crippen molar-refractivity contribution in [1.82, 2.24) is 15.3 Å². The van der Waals surface area contributed by atoms with E-state index in [0.29, 0.717) is 0 Å². The van der Waals surface area contributed by atoms with Gasteiger partial charge in [0.05, 0.1) is 11.0 Å². The Morgan fingerprint density at radius 1 is 1.30 bits per heavy atom. The summed E-state index contributed by atoms with van der Waals surface area (Å²) in [5.74, 6) is 0. The molecule has 0 bridgehead atoms. The standard InChI is InChI=1S/C16H19N3O/c1-2-13-9-14-15(19-16(13)20)8-12(10-18-14)7-11-3-5-17-6-4-11/h7-10,17H,2-6H2,1H3,(H,19,20). The molecule has 0 atom stereocenters. The van der Waals surface area contributed by atoms with Crippen LogP contribution in [0.1, 0.15) is 30.9 Å². The zero-order chi connectivity index (χ0) is 13.9. The van der Waals surface area contributed by atoms with Gasteiger partial charge in [-0.2, -0.15) is 0 Å². The van der Waals surface area contributed by atoms with Gasteiger partial charge in [-0.3, -0.25) is 9.78 Å². The van der Waals surface area contributed by atoms with Gasteiger partial charge in [-0.05, 0) is 50.0 Å². The Kier molecular flexibility index (Phi) is 3.65. The normalized spacial score (nSPS) is 15.6. The summed E-state index contributed by atoms with van der Waals surface area (Å²) in [7, 11) is 0. The average Bonchev–Trinajstić information content (AvgIpc) is 2.47. The van der Waals surface area contributed by atoms with Crippen molar-refractivity contribution in [2.75, 3.05) is 13.1 Å². The molecule has 4 heteroatoms. The Morgan fingerprint density at radius 2 is 2.10 bits per heavy atom. The molecule has 0 radical (unpaired) electrons. The zero-order valence-corrected chi connectivity index (χ0v) is 11.7. The minimum absolute atomic E-state index is 0.00605. The molecule has 1 saturated heterocycles. The summed E-state index contributed by atoms with van der Waals surface area (Å²) in [6.45, 7) is 4.07. The van der Waals surface area contributed by atoms with Gasteiger partial charge in [-0.15, -0.1) is 0 Å². The molecule has 1 aliphatic heterocycles. The molecule has 0 saturated carbocycles. The lowest BCUT2D eigenvalue weighted by molar-refractivity contribution is 0.613. The maximum atomic E-state index is 11.9. The van der Waals surface area contributed by atoms with Gasteiger partial charge in [0.15, 0.2) is 0 Å². The van der Waals surface area contributed by atoms with E-state index in [1.807, 2.05) is 25.3 Å². The molecule has 0 amide bonds. The fourth-order valence-electron chi connectivity index (χ4n) is 2.61. The molecule has 20 heavy (non-hydrogen) atoms. The van der Waals surface area contributed by atoms with Crippen LogP contribution in [0.25, 0.3) is 17.1 Å². The van der Waals surface area contributed by atoms with Crippen LogP contribution in [0.15, 0.2) is 28.7 Å². The average molecular weight is 269 g/mol. The summed E-state index contributed by atoms with van der Waals surface area (Å²) in [5.41, 5.74) is 4.96. The maximum absolute atomic E-state index is 11.9. The number of H-pyrrole nitrogens is 1. The van der Waals surface area contributed by atoms with E-state index in [4.69, 9.17) is 0 Å². The van der Waals surface area contributed by atoms with Gasteiger partial charge in [0.25, 0.3) is 5.56 Å². The van der Waals surface area contributed by atoms with Gasteiger partial charge in [-0.1, -0.05) is 18.6 Å². The molecule has 2 N–H and O–H groups in total. The van der Waals surface area contributed by atoms with Crippen molar-refractivity contribution in [3.05, 3.63) is 45.4 Å². The van der Waals surface area contributed by atoms with Crippen LogP contribution in [0.4, 0.5) is 0 Å². The van der Waals surface area contributed by atoms with Crippen LogP contribution in [-0.4, -0.2) is 23.1 Å². The second kappa shape index (κ2) is 5.59. The number of pyridine rings is 2. The molecule has 0 unspecified atom stereocenters. The first-order chi connectivity index (χ1) is 9.76. The van der Waals surface area contributed by atoms with Crippen LogP contribution < -0.4 is 10.9 Å². The first-order valence-electron chi connectivity index (χ1n) is 7.18. The Hall–Kier alpha value is -1.94. The maximum Gasteiger partial charge on any atom is 0.251 e. The SMILES string of the molecule is CCc1cc2ncc(C=C3CCNCC3)cc2[nH]c1=O. The molecule has 0 spiro atoms. The highest BCUT2D eigenvalue weighted by Crippen LogP contribution is 2.17. The number of nitrogens with one attached hydrogen (secondary N) is 2. The number of fused-ring (bicyclic) bond motifs is 1. The van der Waals surface area contributed by atoms with Gasteiger partial charge in [0, 0.05) is 11.8 Å². The Labute approximate surface area is 117 Å². The number of aromatic nitrogens is 2. The highest BCUT2D eigenvalue weighted by molar-refractivity contribution is 5.77. The predicted octanol–water partition coefficient (Wildman–Crippen LogP) is 2.25. The van der Waals surface area contributed by atoms with Crippen LogP contribution >= 0.6 is 0 Å². The van der Waals surface area contributed by atoms with E-state index >= 15 is 0 Å². The molecule has 1 aliphatic rings. The number of aromatic amines is 1. The molecule has 0 aromatic carbocycles. The Morgan fingerprint density at radius 3 is 2.85 bits per heavy atom. The van der Waals surface area contributed by atoms with Crippen molar-refractivity contribution in [3.8, 4) is 0 Å². The minimum Gasteiger partial charge on any atom is -0.320 e. The summed E-state index contributed by atoms with van der Waals surface area (Å²) in [6, 6.07) is 3.90. The fraction of sp³-hybridized carbons (Fsp3) is 0.375. The summed E-state index contributed by atoms with van der Waals surface area (Å²) in [4.78, 5) is 19.3. The number of hydrogen-bond acceptors (Lipinski definition) is 3. The van der Waals surface area contributed by atoms with E-state index in [1.54, 1.807) is 0 Å². The molecule has 2 aromatic heterocycles. The van der Waals surface area contributed by atoms with Crippen molar-refractivity contribution in [2.45, 2.75) is 26.2 Å². The number of aryl methyl sites for hydroxylation is 1. The first kappa shape index (κ1) is 13.1. The molecular formula is C16H19N3O. The number of hydrogen-bond donors (Lipinski definition) is 2. The van der Waals surface area contributed by atoms with E-state index in [0.717, 1.165) is 54.5 Å². The van der Waals surface area contributed by atoms with Crippen molar-refractivity contribution >= 4 is 17.1 Å². The van der Waals surface area contributed by atoms with Gasteiger partial charge in [0.1, 0.15) is 0 Å². The summed E-state index contributed by atoms with van der Waals surface area (Å²) in [5, 5.41) is 3.35. The second-order valence-electron chi connectivity index (χ2n) is 5.23. The molecule has 0 aliphatic carbocycles. The number of nitrogens with zero attached hydrogens (tertiary/aromatic N) is 1. The highest BCUT2D eigenvalue weighted by atomic mass is 16.1. The summed E-state index contributed by atoms with van der Waals surface area (Å²) in [6.07, 6.45) is 6.98. The molecule has 4 nitrogen and oxygen atoms in total. The van der Waals surface area contributed by atoms with Crippen molar-refractivity contribution in [2.24, 2.45) is 0 Å². The van der Waals surface area contributed by atoms with Crippen LogP contribution in [0.5, 0.6) is 0 Å². The van der Waals surface area contributed by atoms with Crippen LogP contribution in [0.3, 0.4) is 0 Å². The molecular weight excluding hydrogens is 250 g/mol. The number of rotatable bonds is 2.